The molecule has 2 aliphatic rings. The molecule has 0 unspecified atom stereocenters. The minimum atomic E-state index is -3.92. The fourth-order valence-corrected chi connectivity index (χ4v) is 4.81. The van der Waals surface area contributed by atoms with Gasteiger partial charge in [0.2, 0.25) is 0 Å². The van der Waals surface area contributed by atoms with Crippen LogP contribution in [0.25, 0.3) is 5.65 Å². The first-order chi connectivity index (χ1) is 13.7. The number of alkyl halides is 1. The van der Waals surface area contributed by atoms with Crippen molar-refractivity contribution in [3.63, 3.8) is 0 Å². The van der Waals surface area contributed by atoms with Gasteiger partial charge in [0.05, 0.1) is 17.9 Å². The number of nitrogens with one attached hydrogen (secondary N) is 1. The van der Waals surface area contributed by atoms with Crippen LogP contribution >= 0.6 is 0 Å². The zero-order chi connectivity index (χ0) is 20.9. The van der Waals surface area contributed by atoms with Crippen LogP contribution in [0.15, 0.2) is 36.7 Å². The summed E-state index contributed by atoms with van der Waals surface area (Å²) in [6.07, 6.45) is 4.01. The number of rotatable bonds is 6. The smallest absolute Gasteiger partial charge is 0.304 e. The van der Waals surface area contributed by atoms with E-state index in [-0.39, 0.29) is 25.7 Å². The van der Waals surface area contributed by atoms with E-state index in [1.807, 2.05) is 17.9 Å². The molecule has 1 aliphatic carbocycles. The number of amides is 1. The lowest BCUT2D eigenvalue weighted by Gasteiger charge is -2.26. The molecule has 4 rings (SSSR count). The van der Waals surface area contributed by atoms with Crippen LogP contribution in [-0.2, 0) is 10.2 Å². The predicted octanol–water partition coefficient (Wildman–Crippen LogP) is 2.14. The van der Waals surface area contributed by atoms with Crippen LogP contribution in [0.4, 0.5) is 10.1 Å². The lowest BCUT2D eigenvalue weighted by molar-refractivity contribution is 0.0973. The van der Waals surface area contributed by atoms with Crippen molar-refractivity contribution in [1.29, 1.82) is 0 Å². The maximum atomic E-state index is 14.0. The number of aromatic nitrogens is 2. The second kappa shape index (κ2) is 7.10. The first kappa shape index (κ1) is 19.8. The average molecular weight is 424 g/mol. The zero-order valence-electron chi connectivity index (χ0n) is 16.4. The summed E-state index contributed by atoms with van der Waals surface area (Å²) >= 11 is 0. The predicted molar refractivity (Wildman–Crippen MR) is 110 cm³/mol. The van der Waals surface area contributed by atoms with Crippen LogP contribution < -0.4 is 9.62 Å². The Labute approximate surface area is 170 Å². The van der Waals surface area contributed by atoms with Crippen molar-refractivity contribution in [2.24, 2.45) is 0 Å². The highest BCUT2D eigenvalue weighted by atomic mass is 32.2. The third-order valence-electron chi connectivity index (χ3n) is 5.54. The lowest BCUT2D eigenvalue weighted by atomic mass is 10.1. The second-order valence-electron chi connectivity index (χ2n) is 7.79. The molecule has 1 saturated carbocycles. The Kier molecular flexibility index (Phi) is 4.86. The number of halogens is 1. The van der Waals surface area contributed by atoms with Gasteiger partial charge in [-0.25, -0.2) is 14.1 Å². The van der Waals surface area contributed by atoms with Gasteiger partial charge in [0.1, 0.15) is 17.5 Å². The summed E-state index contributed by atoms with van der Waals surface area (Å²) in [6.45, 7) is 6.06. The maximum absolute atomic E-state index is 14.0. The molecule has 2 aromatic heterocycles. The van der Waals surface area contributed by atoms with Crippen molar-refractivity contribution in [3.05, 3.63) is 42.4 Å². The topological polar surface area (TPSA) is 87.0 Å². The Morgan fingerprint density at radius 3 is 2.79 bits per heavy atom. The number of hydrogen-bond acceptors (Lipinski definition) is 5. The lowest BCUT2D eigenvalue weighted by Crippen LogP contribution is -2.42. The van der Waals surface area contributed by atoms with Crippen molar-refractivity contribution in [3.8, 4) is 0 Å². The molecule has 10 heteroatoms. The minimum Gasteiger partial charge on any atom is -0.361 e. The highest BCUT2D eigenvalue weighted by molar-refractivity contribution is 7.87. The molecule has 2 fully saturated rings. The van der Waals surface area contributed by atoms with Gasteiger partial charge in [-0.3, -0.25) is 9.20 Å². The van der Waals surface area contributed by atoms with E-state index < -0.39 is 22.3 Å². The van der Waals surface area contributed by atoms with Gasteiger partial charge < -0.3 is 4.90 Å². The maximum Gasteiger partial charge on any atom is 0.304 e. The SMILES string of the molecule is C=C(C)[C@H]1C[C@H](F)CN1c1ccc2ncc(C(=O)NS(=O)(=O)N(C)C3CC3)n2c1.[HH]. The van der Waals surface area contributed by atoms with Crippen molar-refractivity contribution in [1.82, 2.24) is 18.4 Å². The van der Waals surface area contributed by atoms with E-state index >= 15 is 0 Å². The molecule has 2 aromatic rings. The van der Waals surface area contributed by atoms with Crippen molar-refractivity contribution in [2.75, 3.05) is 18.5 Å². The fraction of sp³-hybridized carbons (Fsp3) is 0.474. The number of anilines is 1. The number of carbonyl (C=O) groups is 1. The number of carbonyl (C=O) groups excluding carboxylic acids is 1. The van der Waals surface area contributed by atoms with Gasteiger partial charge in [0.15, 0.2) is 0 Å². The fourth-order valence-electron chi connectivity index (χ4n) is 3.72. The Bertz CT molecular complexity index is 1090. The quantitative estimate of drug-likeness (QED) is 0.720. The molecule has 1 aliphatic heterocycles. The molecule has 1 N–H and O–H groups in total. The number of hydrogen-bond donors (Lipinski definition) is 1. The third-order valence-corrected chi connectivity index (χ3v) is 7.03. The molecule has 0 aromatic carbocycles. The average Bonchev–Trinajstić information content (AvgIpc) is 3.29. The Balaban J connectivity index is 0.00000256. The molecule has 8 nitrogen and oxygen atoms in total. The minimum absolute atomic E-state index is 0. The molecule has 3 heterocycles. The van der Waals surface area contributed by atoms with Crippen molar-refractivity contribution < 1.29 is 19.0 Å². The summed E-state index contributed by atoms with van der Waals surface area (Å²) in [7, 11) is -2.47. The first-order valence-electron chi connectivity index (χ1n) is 9.50. The van der Waals surface area contributed by atoms with Crippen LogP contribution in [0.2, 0.25) is 0 Å². The second-order valence-corrected chi connectivity index (χ2v) is 9.52. The molecule has 1 saturated heterocycles. The Morgan fingerprint density at radius 2 is 2.14 bits per heavy atom. The van der Waals surface area contributed by atoms with E-state index in [0.29, 0.717) is 12.1 Å². The number of imidazole rings is 1. The molecule has 0 bridgehead atoms. The first-order valence-corrected chi connectivity index (χ1v) is 10.9. The van der Waals surface area contributed by atoms with E-state index in [0.717, 1.165) is 24.1 Å². The van der Waals surface area contributed by atoms with Gasteiger partial charge in [-0.05, 0) is 31.9 Å². The summed E-state index contributed by atoms with van der Waals surface area (Å²) in [5.74, 6) is -0.761. The van der Waals surface area contributed by atoms with Gasteiger partial charge in [0.25, 0.3) is 5.91 Å². The van der Waals surface area contributed by atoms with Crippen LogP contribution in [0.1, 0.15) is 38.1 Å². The van der Waals surface area contributed by atoms with E-state index in [9.17, 15) is 17.6 Å². The van der Waals surface area contributed by atoms with Gasteiger partial charge in [-0.15, -0.1) is 0 Å². The highest BCUT2D eigenvalue weighted by Crippen LogP contribution is 2.31. The van der Waals surface area contributed by atoms with Crippen LogP contribution in [0.5, 0.6) is 0 Å². The standard InChI is InChI=1S/C19H24FN5O3S.H2/c1-12(2)16-8-13(20)10-24(16)15-6-7-18-21-9-17(25(18)11-15)19(26)22-29(27,28)23(3)14-4-5-14;/h6-7,9,11,13-14,16H,1,4-5,8,10H2,2-3H3,(H,22,26);1H/t13-,16+;/m0./s1. The molecular formula is C19H26FN5O3S. The van der Waals surface area contributed by atoms with Crippen LogP contribution in [0, 0.1) is 0 Å². The summed E-state index contributed by atoms with van der Waals surface area (Å²) in [5.41, 5.74) is 2.17. The van der Waals surface area contributed by atoms with Gasteiger partial charge in [-0.2, -0.15) is 12.7 Å². The molecule has 1 amide bonds. The highest BCUT2D eigenvalue weighted by Gasteiger charge is 2.36. The number of pyridine rings is 1. The number of fused-ring (bicyclic) bond motifs is 1. The molecule has 158 valence electrons. The summed E-state index contributed by atoms with van der Waals surface area (Å²) in [6, 6.07) is 3.35. The third kappa shape index (κ3) is 3.74. The molecule has 29 heavy (non-hydrogen) atoms. The van der Waals surface area contributed by atoms with E-state index in [4.69, 9.17) is 0 Å². The largest absolute Gasteiger partial charge is 0.361 e. The molecule has 0 radical (unpaired) electrons. The summed E-state index contributed by atoms with van der Waals surface area (Å²) in [4.78, 5) is 18.8. The normalized spacial score (nSPS) is 22.4. The van der Waals surface area contributed by atoms with E-state index in [1.165, 1.54) is 22.0 Å². The number of nitrogens with zero attached hydrogens (tertiary/aromatic N) is 4. The van der Waals surface area contributed by atoms with Gasteiger partial charge in [-0.1, -0.05) is 12.2 Å². The summed E-state index contributed by atoms with van der Waals surface area (Å²) in [5, 5.41) is 0. The zero-order valence-corrected chi connectivity index (χ0v) is 17.2. The van der Waals surface area contributed by atoms with E-state index in [1.54, 1.807) is 12.3 Å². The monoisotopic (exact) mass is 423 g/mol. The van der Waals surface area contributed by atoms with Crippen LogP contribution in [0.3, 0.4) is 0 Å². The van der Waals surface area contributed by atoms with E-state index in [2.05, 4.69) is 16.3 Å². The van der Waals surface area contributed by atoms with Crippen molar-refractivity contribution >= 4 is 27.5 Å². The Morgan fingerprint density at radius 1 is 1.41 bits per heavy atom. The van der Waals surface area contributed by atoms with Gasteiger partial charge in [0, 0.05) is 33.7 Å². The van der Waals surface area contributed by atoms with Crippen molar-refractivity contribution in [2.45, 2.75) is 44.4 Å². The molecular weight excluding hydrogens is 397 g/mol. The Hall–Kier alpha value is -2.46. The molecule has 2 atom stereocenters. The summed E-state index contributed by atoms with van der Waals surface area (Å²) < 4.78 is 43.6. The molecule has 0 spiro atoms. The van der Waals surface area contributed by atoms with Crippen LogP contribution in [-0.4, -0.2) is 59.9 Å². The van der Waals surface area contributed by atoms with Gasteiger partial charge >= 0.3 is 10.2 Å².